The van der Waals surface area contributed by atoms with Crippen LogP contribution in [0.5, 0.6) is 0 Å². The van der Waals surface area contributed by atoms with Gasteiger partial charge in [-0.15, -0.1) is 0 Å². The van der Waals surface area contributed by atoms with Gasteiger partial charge < -0.3 is 0 Å². The molecule has 0 N–H and O–H groups in total. The van der Waals surface area contributed by atoms with Crippen molar-refractivity contribution in [3.8, 4) is 0 Å². The summed E-state index contributed by atoms with van der Waals surface area (Å²) in [5, 5.41) is 0. The molecule has 0 heterocycles. The zero-order chi connectivity index (χ0) is 8.36. The molecule has 0 aliphatic rings. The first kappa shape index (κ1) is 9.67. The van der Waals surface area contributed by atoms with Gasteiger partial charge in [-0.1, -0.05) is 27.7 Å². The van der Waals surface area contributed by atoms with E-state index in [0.717, 1.165) is 6.42 Å². The highest BCUT2D eigenvalue weighted by atomic mass is 16.1. The van der Waals surface area contributed by atoms with E-state index in [1.807, 2.05) is 0 Å². The number of Topliss-reactive ketones (excluding diaryl/α,β-unsaturated/α-hetero) is 1. The first-order valence-corrected chi connectivity index (χ1v) is 3.90. The van der Waals surface area contributed by atoms with Gasteiger partial charge in [0.25, 0.3) is 0 Å². The van der Waals surface area contributed by atoms with E-state index in [1.165, 1.54) is 0 Å². The molecule has 0 spiro atoms. The van der Waals surface area contributed by atoms with Crippen LogP contribution < -0.4 is 0 Å². The summed E-state index contributed by atoms with van der Waals surface area (Å²) < 4.78 is 0. The molecule has 0 aromatic heterocycles. The summed E-state index contributed by atoms with van der Waals surface area (Å²) in [6.07, 6.45) is 0.957. The zero-order valence-electron chi connectivity index (χ0n) is 7.69. The van der Waals surface area contributed by atoms with E-state index in [9.17, 15) is 4.79 Å². The lowest BCUT2D eigenvalue weighted by Gasteiger charge is -2.27. The third-order valence-corrected chi connectivity index (χ3v) is 1.94. The molecule has 0 aliphatic heterocycles. The van der Waals surface area contributed by atoms with Gasteiger partial charge in [0, 0.05) is 5.92 Å². The van der Waals surface area contributed by atoms with E-state index in [2.05, 4.69) is 27.7 Å². The Morgan fingerprint density at radius 1 is 1.40 bits per heavy atom. The molecule has 0 saturated carbocycles. The van der Waals surface area contributed by atoms with Crippen molar-refractivity contribution >= 4 is 5.78 Å². The molecule has 1 nitrogen and oxygen atoms in total. The molecular weight excluding hydrogens is 124 g/mol. The molecule has 0 unspecified atom stereocenters. The minimum Gasteiger partial charge on any atom is -0.300 e. The van der Waals surface area contributed by atoms with Gasteiger partial charge in [-0.2, -0.15) is 0 Å². The minimum atomic E-state index is 0.139. The van der Waals surface area contributed by atoms with E-state index < -0.39 is 0 Å². The quantitative estimate of drug-likeness (QED) is 0.579. The topological polar surface area (TPSA) is 17.1 Å². The van der Waals surface area contributed by atoms with Crippen LogP contribution in [0.1, 0.15) is 41.0 Å². The molecule has 10 heavy (non-hydrogen) atoms. The average molecular weight is 142 g/mol. The maximum absolute atomic E-state index is 11.0. The summed E-state index contributed by atoms with van der Waals surface area (Å²) in [6, 6.07) is 0. The predicted molar refractivity (Wildman–Crippen MR) is 43.9 cm³/mol. The second-order valence-corrected chi connectivity index (χ2v) is 3.94. The lowest BCUT2D eigenvalue weighted by molar-refractivity contribution is -0.123. The molecule has 1 atom stereocenters. The third kappa shape index (κ3) is 2.51. The Hall–Kier alpha value is -0.330. The van der Waals surface area contributed by atoms with Gasteiger partial charge in [-0.25, -0.2) is 0 Å². The van der Waals surface area contributed by atoms with Crippen LogP contribution >= 0.6 is 0 Å². The van der Waals surface area contributed by atoms with Gasteiger partial charge in [-0.05, 0) is 18.8 Å². The molecular formula is C9H18O. The fourth-order valence-corrected chi connectivity index (χ4v) is 1.51. The highest BCUT2D eigenvalue weighted by molar-refractivity contribution is 5.78. The van der Waals surface area contributed by atoms with Crippen LogP contribution in [0.15, 0.2) is 0 Å². The van der Waals surface area contributed by atoms with Crippen molar-refractivity contribution in [2.75, 3.05) is 0 Å². The van der Waals surface area contributed by atoms with Gasteiger partial charge in [0.1, 0.15) is 5.78 Å². The van der Waals surface area contributed by atoms with Crippen molar-refractivity contribution in [2.24, 2.45) is 11.3 Å². The van der Waals surface area contributed by atoms with Crippen molar-refractivity contribution in [1.82, 2.24) is 0 Å². The molecule has 0 rings (SSSR count). The van der Waals surface area contributed by atoms with Crippen molar-refractivity contribution in [3.05, 3.63) is 0 Å². The van der Waals surface area contributed by atoms with E-state index in [-0.39, 0.29) is 11.3 Å². The Morgan fingerprint density at radius 2 is 1.80 bits per heavy atom. The van der Waals surface area contributed by atoms with E-state index in [0.29, 0.717) is 5.78 Å². The lowest BCUT2D eigenvalue weighted by atomic mass is 9.77. The van der Waals surface area contributed by atoms with Gasteiger partial charge in [0.05, 0.1) is 0 Å². The number of carbonyl (C=O) groups is 1. The van der Waals surface area contributed by atoms with Crippen molar-refractivity contribution in [3.63, 3.8) is 0 Å². The highest BCUT2D eigenvalue weighted by Crippen LogP contribution is 2.28. The zero-order valence-corrected chi connectivity index (χ0v) is 7.69. The van der Waals surface area contributed by atoms with Gasteiger partial charge in [0.2, 0.25) is 0 Å². The third-order valence-electron chi connectivity index (χ3n) is 1.94. The first-order chi connectivity index (χ1) is 4.39. The second-order valence-electron chi connectivity index (χ2n) is 3.94. The molecule has 0 radical (unpaired) electrons. The van der Waals surface area contributed by atoms with Crippen LogP contribution in [-0.4, -0.2) is 5.78 Å². The largest absolute Gasteiger partial charge is 0.300 e. The number of rotatable bonds is 2. The molecule has 1 heteroatoms. The summed E-state index contributed by atoms with van der Waals surface area (Å²) >= 11 is 0. The second kappa shape index (κ2) is 3.18. The number of hydrogen-bond donors (Lipinski definition) is 0. The van der Waals surface area contributed by atoms with Crippen LogP contribution in [0.2, 0.25) is 0 Å². The van der Waals surface area contributed by atoms with Gasteiger partial charge in [-0.3, -0.25) is 4.79 Å². The highest BCUT2D eigenvalue weighted by Gasteiger charge is 2.26. The molecule has 0 saturated heterocycles. The Bertz CT molecular complexity index is 119. The summed E-state index contributed by atoms with van der Waals surface area (Å²) in [4.78, 5) is 11.0. The minimum absolute atomic E-state index is 0.139. The molecule has 0 aliphatic carbocycles. The van der Waals surface area contributed by atoms with Crippen LogP contribution in [0, 0.1) is 11.3 Å². The molecule has 60 valence electrons. The normalized spacial score (nSPS) is 14.9. The summed E-state index contributed by atoms with van der Waals surface area (Å²) in [5.41, 5.74) is 0.139. The van der Waals surface area contributed by atoms with E-state index >= 15 is 0 Å². The first-order valence-electron chi connectivity index (χ1n) is 3.90. The summed E-state index contributed by atoms with van der Waals surface area (Å²) in [6.45, 7) is 10.1. The van der Waals surface area contributed by atoms with Gasteiger partial charge >= 0.3 is 0 Å². The van der Waals surface area contributed by atoms with Crippen molar-refractivity contribution in [2.45, 2.75) is 41.0 Å². The molecule has 0 aromatic rings. The predicted octanol–water partition coefficient (Wildman–Crippen LogP) is 2.65. The van der Waals surface area contributed by atoms with Crippen LogP contribution in [0.4, 0.5) is 0 Å². The standard InChI is InChI=1S/C9H18O/c1-6-8(7(2)10)9(3,4)5/h8H,6H2,1-5H3/t8-/m1/s1. The monoisotopic (exact) mass is 142 g/mol. The molecule has 0 bridgehead atoms. The number of carbonyl (C=O) groups excluding carboxylic acids is 1. The SMILES string of the molecule is CC[C@H](C(C)=O)C(C)(C)C. The fourth-order valence-electron chi connectivity index (χ4n) is 1.51. The van der Waals surface area contributed by atoms with Crippen molar-refractivity contribution < 1.29 is 4.79 Å². The van der Waals surface area contributed by atoms with Crippen LogP contribution in [0.3, 0.4) is 0 Å². The average Bonchev–Trinajstić information content (AvgIpc) is 1.60. The maximum Gasteiger partial charge on any atom is 0.133 e. The molecule has 0 aromatic carbocycles. The smallest absolute Gasteiger partial charge is 0.133 e. The Kier molecular flexibility index (Phi) is 3.07. The Morgan fingerprint density at radius 3 is 1.80 bits per heavy atom. The Labute approximate surface area is 63.8 Å². The number of ketones is 1. The maximum atomic E-state index is 11.0. The fraction of sp³-hybridized carbons (Fsp3) is 0.889. The van der Waals surface area contributed by atoms with E-state index in [4.69, 9.17) is 0 Å². The lowest BCUT2D eigenvalue weighted by Crippen LogP contribution is -2.25. The summed E-state index contributed by atoms with van der Waals surface area (Å²) in [5.74, 6) is 0.544. The Balaban J connectivity index is 4.22. The number of hydrogen-bond acceptors (Lipinski definition) is 1. The summed E-state index contributed by atoms with van der Waals surface area (Å²) in [7, 11) is 0. The van der Waals surface area contributed by atoms with Gasteiger partial charge in [0.15, 0.2) is 0 Å². The van der Waals surface area contributed by atoms with E-state index in [1.54, 1.807) is 6.92 Å². The van der Waals surface area contributed by atoms with Crippen LogP contribution in [0.25, 0.3) is 0 Å². The molecule has 0 fully saturated rings. The van der Waals surface area contributed by atoms with Crippen LogP contribution in [-0.2, 0) is 4.79 Å². The van der Waals surface area contributed by atoms with Crippen molar-refractivity contribution in [1.29, 1.82) is 0 Å². The molecule has 0 amide bonds.